The normalized spacial score (nSPS) is 10.6. The van der Waals surface area contributed by atoms with Gasteiger partial charge in [-0.3, -0.25) is 9.59 Å². The van der Waals surface area contributed by atoms with Crippen LogP contribution in [0, 0.1) is 0 Å². The average molecular weight is 333 g/mol. The van der Waals surface area contributed by atoms with E-state index in [0.717, 1.165) is 24.6 Å². The molecule has 6 heteroatoms. The molecule has 1 amide bonds. The van der Waals surface area contributed by atoms with Crippen LogP contribution in [-0.2, 0) is 9.53 Å². The monoisotopic (exact) mass is 333 g/mol. The summed E-state index contributed by atoms with van der Waals surface area (Å²) in [5, 5.41) is 3.66. The predicted octanol–water partition coefficient (Wildman–Crippen LogP) is 3.29. The molecule has 1 aromatic heterocycles. The molecule has 0 aliphatic carbocycles. The zero-order valence-corrected chi connectivity index (χ0v) is 14.1. The van der Waals surface area contributed by atoms with Crippen LogP contribution in [0.5, 0.6) is 5.75 Å². The number of para-hydroxylation sites is 1. The van der Waals surface area contributed by atoms with Crippen LogP contribution in [-0.4, -0.2) is 32.1 Å². The molecule has 1 N–H and O–H groups in total. The third-order valence-electron chi connectivity index (χ3n) is 3.60. The molecule has 24 heavy (non-hydrogen) atoms. The van der Waals surface area contributed by atoms with Crippen molar-refractivity contribution in [1.82, 2.24) is 5.32 Å². The summed E-state index contributed by atoms with van der Waals surface area (Å²) in [7, 11) is 1.38. The SMILES string of the molecule is CCOc1cccc2cc(C(=O)NCCCCCC(=O)OC)oc12. The highest BCUT2D eigenvalue weighted by Crippen LogP contribution is 2.28. The summed E-state index contributed by atoms with van der Waals surface area (Å²) < 4.78 is 15.7. The Kier molecular flexibility index (Phi) is 6.66. The van der Waals surface area contributed by atoms with Crippen LogP contribution in [0.15, 0.2) is 28.7 Å². The largest absolute Gasteiger partial charge is 0.490 e. The van der Waals surface area contributed by atoms with Crippen molar-refractivity contribution in [3.8, 4) is 5.75 Å². The van der Waals surface area contributed by atoms with Gasteiger partial charge in [0.15, 0.2) is 17.1 Å². The number of amides is 1. The number of nitrogens with one attached hydrogen (secondary N) is 1. The lowest BCUT2D eigenvalue weighted by molar-refractivity contribution is -0.140. The van der Waals surface area contributed by atoms with E-state index in [1.54, 1.807) is 6.07 Å². The zero-order valence-electron chi connectivity index (χ0n) is 14.1. The van der Waals surface area contributed by atoms with Crippen molar-refractivity contribution in [2.24, 2.45) is 0 Å². The molecule has 0 fully saturated rings. The molecule has 0 spiro atoms. The van der Waals surface area contributed by atoms with Gasteiger partial charge in [0.05, 0.1) is 13.7 Å². The van der Waals surface area contributed by atoms with Crippen molar-refractivity contribution < 1.29 is 23.5 Å². The highest BCUT2D eigenvalue weighted by molar-refractivity contribution is 5.97. The van der Waals surface area contributed by atoms with Gasteiger partial charge in [-0.15, -0.1) is 0 Å². The third-order valence-corrected chi connectivity index (χ3v) is 3.60. The number of carbonyl (C=O) groups excluding carboxylic acids is 2. The van der Waals surface area contributed by atoms with Gasteiger partial charge in [-0.25, -0.2) is 0 Å². The van der Waals surface area contributed by atoms with Crippen LogP contribution in [0.4, 0.5) is 0 Å². The number of furan rings is 1. The van der Waals surface area contributed by atoms with E-state index in [4.69, 9.17) is 9.15 Å². The van der Waals surface area contributed by atoms with Gasteiger partial charge in [-0.05, 0) is 31.9 Å². The first-order chi connectivity index (χ1) is 11.7. The topological polar surface area (TPSA) is 77.8 Å². The molecule has 1 heterocycles. The molecule has 0 bridgehead atoms. The van der Waals surface area contributed by atoms with Crippen molar-refractivity contribution in [3.05, 3.63) is 30.0 Å². The molecule has 2 aromatic rings. The van der Waals surface area contributed by atoms with E-state index in [9.17, 15) is 9.59 Å². The minimum atomic E-state index is -0.249. The Morgan fingerprint density at radius 3 is 2.79 bits per heavy atom. The Labute approximate surface area is 141 Å². The first-order valence-electron chi connectivity index (χ1n) is 8.16. The van der Waals surface area contributed by atoms with Crippen molar-refractivity contribution in [2.75, 3.05) is 20.3 Å². The summed E-state index contributed by atoms with van der Waals surface area (Å²) in [6, 6.07) is 7.28. The van der Waals surface area contributed by atoms with Crippen LogP contribution < -0.4 is 10.1 Å². The highest BCUT2D eigenvalue weighted by Gasteiger charge is 2.14. The van der Waals surface area contributed by atoms with E-state index in [-0.39, 0.29) is 17.6 Å². The van der Waals surface area contributed by atoms with Gasteiger partial charge in [0.1, 0.15) is 0 Å². The molecule has 0 atom stereocenters. The number of methoxy groups -OCH3 is 1. The van der Waals surface area contributed by atoms with Gasteiger partial charge in [0, 0.05) is 18.4 Å². The molecule has 6 nitrogen and oxygen atoms in total. The Morgan fingerprint density at radius 1 is 1.21 bits per heavy atom. The molecule has 2 rings (SSSR count). The fraction of sp³-hybridized carbons (Fsp3) is 0.444. The molecule has 0 saturated carbocycles. The summed E-state index contributed by atoms with van der Waals surface area (Å²) in [6.07, 6.45) is 2.82. The highest BCUT2D eigenvalue weighted by atomic mass is 16.5. The number of carbonyl (C=O) groups is 2. The van der Waals surface area contributed by atoms with E-state index in [1.807, 2.05) is 25.1 Å². The van der Waals surface area contributed by atoms with Crippen LogP contribution >= 0.6 is 0 Å². The maximum atomic E-state index is 12.2. The van der Waals surface area contributed by atoms with E-state index < -0.39 is 0 Å². The van der Waals surface area contributed by atoms with Crippen molar-refractivity contribution in [1.29, 1.82) is 0 Å². The summed E-state index contributed by atoms with van der Waals surface area (Å²) >= 11 is 0. The predicted molar refractivity (Wildman–Crippen MR) is 90.2 cm³/mol. The lowest BCUT2D eigenvalue weighted by atomic mass is 10.2. The zero-order chi connectivity index (χ0) is 17.4. The average Bonchev–Trinajstić information content (AvgIpc) is 3.03. The second kappa shape index (κ2) is 8.96. The van der Waals surface area contributed by atoms with Gasteiger partial charge in [0.2, 0.25) is 0 Å². The van der Waals surface area contributed by atoms with Crippen LogP contribution in [0.3, 0.4) is 0 Å². The smallest absolute Gasteiger partial charge is 0.305 e. The molecule has 0 aliphatic heterocycles. The van der Waals surface area contributed by atoms with Gasteiger partial charge in [-0.2, -0.15) is 0 Å². The minimum Gasteiger partial charge on any atom is -0.490 e. The van der Waals surface area contributed by atoms with Crippen molar-refractivity contribution in [3.63, 3.8) is 0 Å². The number of hydrogen-bond acceptors (Lipinski definition) is 5. The van der Waals surface area contributed by atoms with Crippen LogP contribution in [0.25, 0.3) is 11.0 Å². The van der Waals surface area contributed by atoms with Crippen molar-refractivity contribution in [2.45, 2.75) is 32.6 Å². The number of rotatable bonds is 9. The Hall–Kier alpha value is -2.50. The lowest BCUT2D eigenvalue weighted by Crippen LogP contribution is -2.23. The number of esters is 1. The molecule has 0 unspecified atom stereocenters. The number of fused-ring (bicyclic) bond motifs is 1. The molecule has 0 aliphatic rings. The summed E-state index contributed by atoms with van der Waals surface area (Å²) in [5.74, 6) is 0.455. The van der Waals surface area contributed by atoms with Gasteiger partial charge >= 0.3 is 5.97 Å². The van der Waals surface area contributed by atoms with Crippen molar-refractivity contribution >= 4 is 22.8 Å². The summed E-state index contributed by atoms with van der Waals surface area (Å²) in [5.41, 5.74) is 0.586. The first-order valence-corrected chi connectivity index (χ1v) is 8.16. The molecular formula is C18H23NO5. The standard InChI is InChI=1S/C18H23NO5/c1-3-23-14-9-7-8-13-12-15(24-17(13)14)18(21)19-11-6-4-5-10-16(20)22-2/h7-9,12H,3-6,10-11H2,1-2H3,(H,19,21). The lowest BCUT2D eigenvalue weighted by Gasteiger charge is -2.03. The molecule has 1 aromatic carbocycles. The molecule has 130 valence electrons. The van der Waals surface area contributed by atoms with Gasteiger partial charge in [-0.1, -0.05) is 18.6 Å². The Bertz CT molecular complexity index is 692. The number of benzene rings is 1. The molecular weight excluding hydrogens is 310 g/mol. The summed E-state index contributed by atoms with van der Waals surface area (Å²) in [4.78, 5) is 23.1. The van der Waals surface area contributed by atoms with E-state index in [0.29, 0.717) is 30.9 Å². The van der Waals surface area contributed by atoms with E-state index in [1.165, 1.54) is 7.11 Å². The van der Waals surface area contributed by atoms with Crippen LogP contribution in [0.1, 0.15) is 43.2 Å². The maximum Gasteiger partial charge on any atom is 0.305 e. The maximum absolute atomic E-state index is 12.2. The van der Waals surface area contributed by atoms with E-state index in [2.05, 4.69) is 10.1 Å². The Morgan fingerprint density at radius 2 is 2.04 bits per heavy atom. The second-order valence-corrected chi connectivity index (χ2v) is 5.36. The van der Waals surface area contributed by atoms with E-state index >= 15 is 0 Å². The van der Waals surface area contributed by atoms with Gasteiger partial charge in [0.25, 0.3) is 5.91 Å². The number of ether oxygens (including phenoxy) is 2. The first kappa shape index (κ1) is 17.8. The summed E-state index contributed by atoms with van der Waals surface area (Å²) in [6.45, 7) is 2.97. The van der Waals surface area contributed by atoms with Crippen LogP contribution in [0.2, 0.25) is 0 Å². The second-order valence-electron chi connectivity index (χ2n) is 5.36. The molecule has 0 saturated heterocycles. The third kappa shape index (κ3) is 4.75. The fourth-order valence-corrected chi connectivity index (χ4v) is 2.38. The number of unbranched alkanes of at least 4 members (excludes halogenated alkanes) is 2. The Balaban J connectivity index is 1.83. The van der Waals surface area contributed by atoms with Gasteiger partial charge < -0.3 is 19.2 Å². The molecule has 0 radical (unpaired) electrons. The minimum absolute atomic E-state index is 0.202. The quantitative estimate of drug-likeness (QED) is 0.563. The number of hydrogen-bond donors (Lipinski definition) is 1. The fourth-order valence-electron chi connectivity index (χ4n) is 2.38.